The number of hydrogen-bond donors (Lipinski definition) is 2. The minimum Gasteiger partial charge on any atom is -0.491 e. The van der Waals surface area contributed by atoms with Crippen LogP contribution in [0.15, 0.2) is 24.3 Å². The van der Waals surface area contributed by atoms with Crippen LogP contribution in [0.4, 0.5) is 0 Å². The van der Waals surface area contributed by atoms with E-state index in [9.17, 15) is 4.79 Å². The van der Waals surface area contributed by atoms with Crippen molar-refractivity contribution in [2.75, 3.05) is 33.4 Å². The Bertz CT molecular complexity index is 461. The summed E-state index contributed by atoms with van der Waals surface area (Å²) in [5.74, 6) is 5.38. The van der Waals surface area contributed by atoms with Gasteiger partial charge in [-0.25, -0.2) is 5.84 Å². The average Bonchev–Trinajstić information content (AvgIpc) is 2.55. The molecule has 1 saturated heterocycles. The standard InChI is InChI=1S/C15H23N3O3/c1-18(12-6-9-20-10-7-12)8-11-21-14-5-3-2-4-13(14)15(19)17-16/h2-5,12H,6-11,16H2,1H3,(H,17,19). The van der Waals surface area contributed by atoms with Crippen LogP contribution >= 0.6 is 0 Å². The van der Waals surface area contributed by atoms with Gasteiger partial charge in [0.1, 0.15) is 12.4 Å². The van der Waals surface area contributed by atoms with Crippen molar-refractivity contribution in [3.05, 3.63) is 29.8 Å². The number of nitrogens with one attached hydrogen (secondary N) is 1. The summed E-state index contributed by atoms with van der Waals surface area (Å²) in [5, 5.41) is 0. The molecule has 0 radical (unpaired) electrons. The van der Waals surface area contributed by atoms with E-state index in [-0.39, 0.29) is 5.91 Å². The van der Waals surface area contributed by atoms with E-state index < -0.39 is 0 Å². The molecule has 116 valence electrons. The van der Waals surface area contributed by atoms with E-state index >= 15 is 0 Å². The third-order valence-electron chi connectivity index (χ3n) is 3.78. The van der Waals surface area contributed by atoms with Crippen LogP contribution in [-0.4, -0.2) is 50.3 Å². The van der Waals surface area contributed by atoms with E-state index in [1.807, 2.05) is 6.07 Å². The Morgan fingerprint density at radius 3 is 2.86 bits per heavy atom. The summed E-state index contributed by atoms with van der Waals surface area (Å²) in [6, 6.07) is 7.64. The fourth-order valence-corrected chi connectivity index (χ4v) is 2.47. The van der Waals surface area contributed by atoms with E-state index in [4.69, 9.17) is 15.3 Å². The van der Waals surface area contributed by atoms with Gasteiger partial charge in [-0.2, -0.15) is 0 Å². The van der Waals surface area contributed by atoms with E-state index in [1.54, 1.807) is 18.2 Å². The molecule has 1 aromatic rings. The first-order chi connectivity index (χ1) is 10.2. The van der Waals surface area contributed by atoms with E-state index in [0.717, 1.165) is 32.6 Å². The molecule has 0 spiro atoms. The van der Waals surface area contributed by atoms with E-state index in [1.165, 1.54) is 0 Å². The number of hydrazine groups is 1. The number of carbonyl (C=O) groups is 1. The van der Waals surface area contributed by atoms with Gasteiger partial charge in [0.15, 0.2) is 0 Å². The molecule has 6 nitrogen and oxygen atoms in total. The Morgan fingerprint density at radius 1 is 1.43 bits per heavy atom. The second-order valence-electron chi connectivity index (χ2n) is 5.14. The molecule has 0 aliphatic carbocycles. The number of benzene rings is 1. The average molecular weight is 293 g/mol. The Balaban J connectivity index is 1.84. The molecule has 1 aliphatic rings. The Hall–Kier alpha value is -1.63. The number of amides is 1. The first kappa shape index (κ1) is 15.8. The Kier molecular flexibility index (Phi) is 5.98. The maximum Gasteiger partial charge on any atom is 0.268 e. The topological polar surface area (TPSA) is 76.8 Å². The fraction of sp³-hybridized carbons (Fsp3) is 0.533. The van der Waals surface area contributed by atoms with Gasteiger partial charge in [0.2, 0.25) is 0 Å². The predicted molar refractivity (Wildman–Crippen MR) is 80.1 cm³/mol. The number of nitrogens with two attached hydrogens (primary N) is 1. The zero-order chi connectivity index (χ0) is 15.1. The minimum absolute atomic E-state index is 0.344. The Labute approximate surface area is 125 Å². The first-order valence-electron chi connectivity index (χ1n) is 7.23. The normalized spacial score (nSPS) is 16.0. The minimum atomic E-state index is -0.344. The maximum absolute atomic E-state index is 11.6. The molecule has 0 unspecified atom stereocenters. The number of rotatable bonds is 6. The molecule has 1 aromatic carbocycles. The summed E-state index contributed by atoms with van der Waals surface area (Å²) < 4.78 is 11.1. The molecule has 0 atom stereocenters. The SMILES string of the molecule is CN(CCOc1ccccc1C(=O)NN)C1CCOCC1. The molecule has 1 amide bonds. The predicted octanol–water partition coefficient (Wildman–Crippen LogP) is 0.780. The van der Waals surface area contributed by atoms with Crippen molar-refractivity contribution < 1.29 is 14.3 Å². The second-order valence-corrected chi connectivity index (χ2v) is 5.14. The summed E-state index contributed by atoms with van der Waals surface area (Å²) >= 11 is 0. The highest BCUT2D eigenvalue weighted by Crippen LogP contribution is 2.18. The summed E-state index contributed by atoms with van der Waals surface area (Å²) in [6.07, 6.45) is 2.12. The molecule has 1 aliphatic heterocycles. The van der Waals surface area contributed by atoms with Gasteiger partial charge < -0.3 is 9.47 Å². The summed E-state index contributed by atoms with van der Waals surface area (Å²) in [5.41, 5.74) is 2.58. The van der Waals surface area contributed by atoms with Crippen LogP contribution in [0.1, 0.15) is 23.2 Å². The molecule has 1 heterocycles. The van der Waals surface area contributed by atoms with Crippen molar-refractivity contribution in [3.8, 4) is 5.75 Å². The molecular formula is C15H23N3O3. The van der Waals surface area contributed by atoms with Gasteiger partial charge in [0, 0.05) is 25.8 Å². The van der Waals surface area contributed by atoms with Gasteiger partial charge in [-0.05, 0) is 32.0 Å². The summed E-state index contributed by atoms with van der Waals surface area (Å²) in [7, 11) is 2.10. The number of carbonyl (C=O) groups excluding carboxylic acids is 1. The van der Waals surface area contributed by atoms with Gasteiger partial charge in [0.25, 0.3) is 5.91 Å². The number of likely N-dealkylation sites (N-methyl/N-ethyl adjacent to an activating group) is 1. The van der Waals surface area contributed by atoms with Gasteiger partial charge in [-0.15, -0.1) is 0 Å². The van der Waals surface area contributed by atoms with Crippen molar-refractivity contribution >= 4 is 5.91 Å². The van der Waals surface area contributed by atoms with Gasteiger partial charge >= 0.3 is 0 Å². The molecule has 0 saturated carbocycles. The lowest BCUT2D eigenvalue weighted by atomic mass is 10.1. The van der Waals surface area contributed by atoms with Crippen LogP contribution < -0.4 is 16.0 Å². The lowest BCUT2D eigenvalue weighted by Crippen LogP contribution is -2.39. The second kappa shape index (κ2) is 7.97. The van der Waals surface area contributed by atoms with Crippen molar-refractivity contribution in [1.82, 2.24) is 10.3 Å². The van der Waals surface area contributed by atoms with Crippen LogP contribution in [0.25, 0.3) is 0 Å². The Morgan fingerprint density at radius 2 is 2.14 bits per heavy atom. The van der Waals surface area contributed by atoms with Gasteiger partial charge in [-0.1, -0.05) is 12.1 Å². The van der Waals surface area contributed by atoms with Crippen LogP contribution in [0.3, 0.4) is 0 Å². The highest BCUT2D eigenvalue weighted by molar-refractivity contribution is 5.96. The zero-order valence-electron chi connectivity index (χ0n) is 12.4. The number of ether oxygens (including phenoxy) is 2. The van der Waals surface area contributed by atoms with Crippen LogP contribution in [0.5, 0.6) is 5.75 Å². The highest BCUT2D eigenvalue weighted by atomic mass is 16.5. The highest BCUT2D eigenvalue weighted by Gasteiger charge is 2.18. The molecule has 6 heteroatoms. The molecule has 0 aromatic heterocycles. The summed E-state index contributed by atoms with van der Waals surface area (Å²) in [4.78, 5) is 13.9. The van der Waals surface area contributed by atoms with Crippen molar-refractivity contribution in [1.29, 1.82) is 0 Å². The summed E-state index contributed by atoms with van der Waals surface area (Å²) in [6.45, 7) is 3.00. The molecule has 3 N–H and O–H groups in total. The maximum atomic E-state index is 11.6. The number of hydrogen-bond acceptors (Lipinski definition) is 5. The lowest BCUT2D eigenvalue weighted by Gasteiger charge is -2.31. The third-order valence-corrected chi connectivity index (χ3v) is 3.78. The van der Waals surface area contributed by atoms with Gasteiger partial charge in [-0.3, -0.25) is 15.1 Å². The van der Waals surface area contributed by atoms with Crippen molar-refractivity contribution in [2.24, 2.45) is 5.84 Å². The largest absolute Gasteiger partial charge is 0.491 e. The first-order valence-corrected chi connectivity index (χ1v) is 7.23. The molecule has 1 fully saturated rings. The molecule has 0 bridgehead atoms. The van der Waals surface area contributed by atoms with Crippen LogP contribution in [0.2, 0.25) is 0 Å². The number of nitrogen functional groups attached to an aromatic ring is 1. The van der Waals surface area contributed by atoms with Crippen molar-refractivity contribution in [3.63, 3.8) is 0 Å². The van der Waals surface area contributed by atoms with E-state index in [2.05, 4.69) is 17.4 Å². The molecule has 21 heavy (non-hydrogen) atoms. The zero-order valence-corrected chi connectivity index (χ0v) is 12.4. The smallest absolute Gasteiger partial charge is 0.268 e. The van der Waals surface area contributed by atoms with Crippen molar-refractivity contribution in [2.45, 2.75) is 18.9 Å². The number of nitrogens with zero attached hydrogens (tertiary/aromatic N) is 1. The molecular weight excluding hydrogens is 270 g/mol. The van der Waals surface area contributed by atoms with Crippen LogP contribution in [0, 0.1) is 0 Å². The van der Waals surface area contributed by atoms with Crippen LogP contribution in [-0.2, 0) is 4.74 Å². The molecule has 2 rings (SSSR count). The fourth-order valence-electron chi connectivity index (χ4n) is 2.47. The monoisotopic (exact) mass is 293 g/mol. The van der Waals surface area contributed by atoms with Gasteiger partial charge in [0.05, 0.1) is 5.56 Å². The quantitative estimate of drug-likeness (QED) is 0.460. The number of para-hydroxylation sites is 1. The van der Waals surface area contributed by atoms with E-state index in [0.29, 0.717) is 24.0 Å². The third kappa shape index (κ3) is 4.42. The lowest BCUT2D eigenvalue weighted by molar-refractivity contribution is 0.0391.